The third-order valence-corrected chi connectivity index (χ3v) is 2.93. The third kappa shape index (κ3) is 3.62. The molecule has 2 rings (SSSR count). The largest absolute Gasteiger partial charge is 0.375 e. The van der Waals surface area contributed by atoms with E-state index in [1.54, 1.807) is 10.9 Å². The maximum atomic E-state index is 5.57. The van der Waals surface area contributed by atoms with Crippen LogP contribution in [0.5, 0.6) is 0 Å². The van der Waals surface area contributed by atoms with Crippen molar-refractivity contribution in [3.63, 3.8) is 0 Å². The molecule has 0 aliphatic carbocycles. The lowest BCUT2D eigenvalue weighted by Crippen LogP contribution is -2.19. The summed E-state index contributed by atoms with van der Waals surface area (Å²) in [7, 11) is 3.83. The van der Waals surface area contributed by atoms with Gasteiger partial charge in [-0.1, -0.05) is 0 Å². The van der Waals surface area contributed by atoms with Gasteiger partial charge in [-0.15, -0.1) is 28.8 Å². The van der Waals surface area contributed by atoms with Gasteiger partial charge in [0.05, 0.1) is 6.54 Å². The van der Waals surface area contributed by atoms with Crippen molar-refractivity contribution in [3.05, 3.63) is 16.9 Å². The van der Waals surface area contributed by atoms with Crippen LogP contribution in [0.2, 0.25) is 0 Å². The van der Waals surface area contributed by atoms with E-state index in [1.807, 2.05) is 14.1 Å². The monoisotopic (exact) mass is 275 g/mol. The molecule has 0 fully saturated rings. The summed E-state index contributed by atoms with van der Waals surface area (Å²) in [5.41, 5.74) is 5.57. The predicted octanol–water partition coefficient (Wildman–Crippen LogP) is 0.303. The zero-order chi connectivity index (χ0) is 11.5. The van der Waals surface area contributed by atoms with Crippen LogP contribution in [0.4, 0.5) is 5.13 Å². The normalized spacial score (nSPS) is 10.5. The first-order valence-corrected chi connectivity index (χ1v) is 5.57. The van der Waals surface area contributed by atoms with Crippen molar-refractivity contribution in [2.75, 3.05) is 12.8 Å². The average Bonchev–Trinajstić information content (AvgIpc) is 2.77. The Bertz CT molecular complexity index is 468. The van der Waals surface area contributed by atoms with Crippen LogP contribution in [0.25, 0.3) is 0 Å². The molecule has 0 aromatic carbocycles. The first-order chi connectivity index (χ1) is 7.65. The van der Waals surface area contributed by atoms with Gasteiger partial charge in [0.2, 0.25) is 0 Å². The summed E-state index contributed by atoms with van der Waals surface area (Å²) in [6.07, 6.45) is 1.80. The summed E-state index contributed by atoms with van der Waals surface area (Å²) in [4.78, 5) is 7.25. The lowest BCUT2D eigenvalue weighted by atomic mass is 10.4. The van der Waals surface area contributed by atoms with Crippen molar-refractivity contribution in [1.82, 2.24) is 30.1 Å². The lowest BCUT2D eigenvalue weighted by molar-refractivity contribution is 0.307. The van der Waals surface area contributed by atoms with Gasteiger partial charge in [0.15, 0.2) is 11.0 Å². The second kappa shape index (κ2) is 5.89. The molecule has 0 bridgehead atoms. The number of nitrogens with two attached hydrogens (primary N) is 1. The molecule has 2 heterocycles. The van der Waals surface area contributed by atoms with Gasteiger partial charge in [-0.2, -0.15) is 0 Å². The van der Waals surface area contributed by atoms with Crippen LogP contribution in [-0.4, -0.2) is 37.1 Å². The van der Waals surface area contributed by atoms with Gasteiger partial charge in [0, 0.05) is 24.7 Å². The van der Waals surface area contributed by atoms with Crippen molar-refractivity contribution in [2.24, 2.45) is 7.05 Å². The summed E-state index contributed by atoms with van der Waals surface area (Å²) in [5.74, 6) is 0.833. The number of halogens is 1. The number of tetrazole rings is 1. The highest BCUT2D eigenvalue weighted by molar-refractivity contribution is 7.15. The molecule has 0 saturated carbocycles. The van der Waals surface area contributed by atoms with Crippen LogP contribution in [-0.2, 0) is 20.1 Å². The molecule has 0 spiro atoms. The quantitative estimate of drug-likeness (QED) is 0.864. The van der Waals surface area contributed by atoms with Crippen LogP contribution < -0.4 is 5.73 Å². The Morgan fingerprint density at radius 2 is 2.24 bits per heavy atom. The molecule has 2 aromatic heterocycles. The number of nitrogen functional groups attached to an aromatic ring is 1. The topological polar surface area (TPSA) is 85.8 Å². The number of thiazole rings is 1. The van der Waals surface area contributed by atoms with Gasteiger partial charge in [0.25, 0.3) is 0 Å². The molecule has 2 N–H and O–H groups in total. The highest BCUT2D eigenvalue weighted by atomic mass is 35.5. The number of hydrogen-bond acceptors (Lipinski definition) is 7. The number of aromatic nitrogens is 5. The van der Waals surface area contributed by atoms with E-state index >= 15 is 0 Å². The molecule has 0 amide bonds. The molecule has 0 radical (unpaired) electrons. The first kappa shape index (κ1) is 13.8. The molecule has 2 aromatic rings. The summed E-state index contributed by atoms with van der Waals surface area (Å²) in [6.45, 7) is 1.49. The summed E-state index contributed by atoms with van der Waals surface area (Å²) in [6, 6.07) is 0. The fraction of sp³-hybridized carbons (Fsp3) is 0.500. The van der Waals surface area contributed by atoms with Crippen molar-refractivity contribution < 1.29 is 0 Å². The van der Waals surface area contributed by atoms with Crippen LogP contribution >= 0.6 is 23.7 Å². The maximum absolute atomic E-state index is 5.57. The molecular formula is C8H14ClN7S. The first-order valence-electron chi connectivity index (χ1n) is 4.75. The number of hydrogen-bond donors (Lipinski definition) is 1. The van der Waals surface area contributed by atoms with Gasteiger partial charge < -0.3 is 5.73 Å². The second-order valence-corrected chi connectivity index (χ2v) is 4.70. The van der Waals surface area contributed by atoms with E-state index in [9.17, 15) is 0 Å². The Morgan fingerprint density at radius 1 is 1.47 bits per heavy atom. The average molecular weight is 276 g/mol. The molecule has 17 heavy (non-hydrogen) atoms. The van der Waals surface area contributed by atoms with Crippen LogP contribution in [0.15, 0.2) is 6.20 Å². The molecule has 0 atom stereocenters. The summed E-state index contributed by atoms with van der Waals surface area (Å²) < 4.78 is 1.66. The zero-order valence-corrected chi connectivity index (χ0v) is 11.2. The van der Waals surface area contributed by atoms with Gasteiger partial charge in [-0.05, 0) is 17.5 Å². The number of aryl methyl sites for hydroxylation is 1. The molecule has 94 valence electrons. The molecule has 9 heteroatoms. The van der Waals surface area contributed by atoms with Gasteiger partial charge in [-0.25, -0.2) is 9.67 Å². The van der Waals surface area contributed by atoms with E-state index in [0.717, 1.165) is 17.2 Å². The van der Waals surface area contributed by atoms with Gasteiger partial charge in [0.1, 0.15) is 0 Å². The van der Waals surface area contributed by atoms with E-state index in [-0.39, 0.29) is 12.4 Å². The molecule has 0 saturated heterocycles. The molecule has 7 nitrogen and oxygen atoms in total. The zero-order valence-electron chi connectivity index (χ0n) is 9.57. The minimum absolute atomic E-state index is 0. The second-order valence-electron chi connectivity index (χ2n) is 3.56. The highest BCUT2D eigenvalue weighted by Crippen LogP contribution is 2.16. The van der Waals surface area contributed by atoms with E-state index in [1.165, 1.54) is 11.3 Å². The highest BCUT2D eigenvalue weighted by Gasteiger charge is 2.08. The van der Waals surface area contributed by atoms with Crippen LogP contribution in [0.3, 0.4) is 0 Å². The van der Waals surface area contributed by atoms with E-state index in [4.69, 9.17) is 5.73 Å². The Labute approximate surface area is 109 Å². The summed E-state index contributed by atoms with van der Waals surface area (Å²) in [5, 5.41) is 11.9. The molecule has 0 aliphatic heterocycles. The molecule has 0 aliphatic rings. The molecule has 0 unspecified atom stereocenters. The van der Waals surface area contributed by atoms with Crippen LogP contribution in [0, 0.1) is 0 Å². The Hall–Kier alpha value is -1.25. The lowest BCUT2D eigenvalue weighted by Gasteiger charge is -2.13. The third-order valence-electron chi connectivity index (χ3n) is 2.12. The summed E-state index contributed by atoms with van der Waals surface area (Å²) >= 11 is 1.50. The Morgan fingerprint density at radius 3 is 2.76 bits per heavy atom. The smallest absolute Gasteiger partial charge is 0.180 e. The number of nitrogens with zero attached hydrogens (tertiary/aromatic N) is 6. The SMILES string of the molecule is CN(Cc1cnc(N)s1)Cc1nnnn1C.Cl. The van der Waals surface area contributed by atoms with Gasteiger partial charge >= 0.3 is 0 Å². The maximum Gasteiger partial charge on any atom is 0.180 e. The van der Waals surface area contributed by atoms with Crippen LogP contribution in [0.1, 0.15) is 10.7 Å². The fourth-order valence-corrected chi connectivity index (χ4v) is 2.11. The van der Waals surface area contributed by atoms with Crippen molar-refractivity contribution >= 4 is 28.9 Å². The van der Waals surface area contributed by atoms with Crippen molar-refractivity contribution in [2.45, 2.75) is 13.1 Å². The van der Waals surface area contributed by atoms with E-state index < -0.39 is 0 Å². The number of rotatable bonds is 4. The molecular weight excluding hydrogens is 262 g/mol. The number of anilines is 1. The predicted molar refractivity (Wildman–Crippen MR) is 67.7 cm³/mol. The van der Waals surface area contributed by atoms with E-state index in [0.29, 0.717) is 11.7 Å². The fourth-order valence-electron chi connectivity index (χ4n) is 1.34. The van der Waals surface area contributed by atoms with Crippen molar-refractivity contribution in [3.8, 4) is 0 Å². The van der Waals surface area contributed by atoms with Crippen molar-refractivity contribution in [1.29, 1.82) is 0 Å². The standard InChI is InChI=1S/C8H13N7S.ClH/c1-14(4-6-3-10-8(9)16-6)5-7-11-12-13-15(7)2;/h3H,4-5H2,1-2H3,(H2,9,10);1H. The Kier molecular flexibility index (Phi) is 4.79. The van der Waals surface area contributed by atoms with E-state index in [2.05, 4.69) is 25.4 Å². The van der Waals surface area contributed by atoms with Gasteiger partial charge in [-0.3, -0.25) is 4.90 Å². The minimum atomic E-state index is 0. The Balaban J connectivity index is 0.00000144. The minimum Gasteiger partial charge on any atom is -0.375 e.